The molecule has 2 aliphatic heterocycles. The highest BCUT2D eigenvalue weighted by molar-refractivity contribution is 7.00. The van der Waals surface area contributed by atoms with Crippen molar-refractivity contribution >= 4 is 210 Å². The number of hydrogen-bond acceptors (Lipinski definition) is 4. The van der Waals surface area contributed by atoms with Crippen molar-refractivity contribution in [2.75, 3.05) is 9.80 Å². The van der Waals surface area contributed by atoms with Crippen LogP contribution in [0.5, 0.6) is 0 Å². The molecule has 9 heterocycles. The summed E-state index contributed by atoms with van der Waals surface area (Å²) in [6.07, 6.45) is 0. The van der Waals surface area contributed by atoms with Crippen molar-refractivity contribution in [3.05, 3.63) is 361 Å². The molecule has 0 N–H and O–H groups in total. The van der Waals surface area contributed by atoms with Crippen LogP contribution in [0.3, 0.4) is 0 Å². The molecule has 614 valence electrons. The van der Waals surface area contributed by atoms with Crippen LogP contribution in [0.25, 0.3) is 181 Å². The Labute approximate surface area is 775 Å². The molecule has 24 aromatic rings. The van der Waals surface area contributed by atoms with E-state index in [0.29, 0.717) is 71.8 Å². The van der Waals surface area contributed by atoms with Gasteiger partial charge in [-0.25, -0.2) is 0 Å². The smallest absolute Gasteiger partial charge is 0.252 e. The number of fused-ring (bicyclic) bond motifs is 25. The van der Waals surface area contributed by atoms with Crippen LogP contribution in [-0.2, 0) is 21.7 Å². The number of benzene rings is 17. The molecule has 0 unspecified atom stereocenters. The third kappa shape index (κ3) is 10.5. The molecule has 9 nitrogen and oxygen atoms in total. The zero-order valence-corrected chi connectivity index (χ0v) is 72.0. The molecular formula is C118H92BN7O2. The molecular weight excluding hydrogens is 1560 g/mol. The van der Waals surface area contributed by atoms with Crippen LogP contribution < -0.4 is 26.2 Å². The Hall–Kier alpha value is -15.0. The standard InChI is InChI=1S/C118H92BN7O2/c1-115(2,3)69-49-57-98-86(61-69)87-62-70(116(4,5)6)50-58-99(87)123(98)102-45-25-35-82-84-37-27-47-104(113(84)127-111(82)102)125-106-65-73(120-92-39-19-13-29-76(92)77-30-14-20-40-93(77)120)53-55-90(106)119-91-56-54-74(121-94-41-21-15-31-78(94)79-32-16-22-42-95(79)121)66-107(91)126(109-68-75(67-108(125)110(109)119)122-96-43-23-17-33-80(96)81-34-18-24-44-97(81)122)105-48-28-38-85-83-36-26-46-103(112(83)128-114(85)105)124-100-59-51-71(117(7,8)9)63-88(100)89-64-72(118(10,11)12)52-60-101(89)124/h13-68H,1-12H3/i13D,14D,15D,16D,17D,18D,19D,20D,21D,22D,23D,24D,29D,30D,31D,32D,33D,34D,39D,40D,41D,42D,43D,44D. The maximum atomic E-state index is 10.4. The van der Waals surface area contributed by atoms with Crippen LogP contribution in [0, 0.1) is 0 Å². The second kappa shape index (κ2) is 26.3. The highest BCUT2D eigenvalue weighted by Gasteiger charge is 2.46. The summed E-state index contributed by atoms with van der Waals surface area (Å²) in [5.41, 5.74) is 11.7. The molecule has 0 amide bonds. The van der Waals surface area contributed by atoms with Gasteiger partial charge in [-0.05, 0) is 206 Å². The molecule has 0 spiro atoms. The Balaban J connectivity index is 0.853. The number of hydrogen-bond donors (Lipinski definition) is 0. The third-order valence-electron chi connectivity index (χ3n) is 26.8. The van der Waals surface area contributed by atoms with E-state index in [1.54, 1.807) is 36.4 Å². The molecule has 128 heavy (non-hydrogen) atoms. The Morgan fingerprint density at radius 1 is 0.219 bits per heavy atom. The minimum Gasteiger partial charge on any atom is -0.452 e. The van der Waals surface area contributed by atoms with E-state index in [9.17, 15) is 32.9 Å². The molecule has 0 bridgehead atoms. The lowest BCUT2D eigenvalue weighted by atomic mass is 9.33. The van der Waals surface area contributed by atoms with Crippen molar-refractivity contribution in [1.29, 1.82) is 0 Å². The molecule has 17 aromatic carbocycles. The van der Waals surface area contributed by atoms with E-state index in [-0.39, 0.29) is 138 Å². The lowest BCUT2D eigenvalue weighted by Crippen LogP contribution is -2.61. The van der Waals surface area contributed by atoms with Gasteiger partial charge in [0.05, 0.1) is 117 Å². The highest BCUT2D eigenvalue weighted by Crippen LogP contribution is 2.54. The molecule has 0 saturated heterocycles. The maximum Gasteiger partial charge on any atom is 0.252 e. The first-order valence-corrected chi connectivity index (χ1v) is 43.2. The van der Waals surface area contributed by atoms with Crippen LogP contribution in [-0.4, -0.2) is 29.5 Å². The van der Waals surface area contributed by atoms with E-state index in [4.69, 9.17) is 8.83 Å². The summed E-state index contributed by atoms with van der Waals surface area (Å²) in [6, 6.07) is 48.5. The van der Waals surface area contributed by atoms with Crippen LogP contribution in [0.15, 0.2) is 348 Å². The van der Waals surface area contributed by atoms with Gasteiger partial charge in [-0.3, -0.25) is 0 Å². The van der Waals surface area contributed by atoms with Gasteiger partial charge in [0.2, 0.25) is 0 Å². The summed E-state index contributed by atoms with van der Waals surface area (Å²) in [6.45, 7) is 25.1. The fourth-order valence-electron chi connectivity index (χ4n) is 20.6. The average molecular weight is 1680 g/mol. The van der Waals surface area contributed by atoms with Gasteiger partial charge in [-0.1, -0.05) is 277 Å². The van der Waals surface area contributed by atoms with Gasteiger partial charge in [0.15, 0.2) is 22.3 Å². The predicted molar refractivity (Wildman–Crippen MR) is 542 cm³/mol. The minimum atomic E-state index is -1.13. The largest absolute Gasteiger partial charge is 0.452 e. The Morgan fingerprint density at radius 2 is 0.477 bits per heavy atom. The summed E-state index contributed by atoms with van der Waals surface area (Å²) in [5, 5.41) is 5.23. The fraction of sp³-hybridized carbons (Fsp3) is 0.136. The summed E-state index contributed by atoms with van der Waals surface area (Å²) in [5.74, 6) is 0. The molecule has 26 rings (SSSR count). The first-order valence-electron chi connectivity index (χ1n) is 55.2. The average Bonchev–Trinajstić information content (AvgIpc) is 1.20. The number of para-hydroxylation sites is 10. The number of anilines is 6. The van der Waals surface area contributed by atoms with Gasteiger partial charge in [0, 0.05) is 110 Å². The van der Waals surface area contributed by atoms with Gasteiger partial charge in [-0.2, -0.15) is 0 Å². The van der Waals surface area contributed by atoms with Crippen LogP contribution in [0.1, 0.15) is 138 Å². The van der Waals surface area contributed by atoms with Crippen molar-refractivity contribution in [3.63, 3.8) is 0 Å². The predicted octanol–water partition coefficient (Wildman–Crippen LogP) is 30.2. The van der Waals surface area contributed by atoms with Crippen molar-refractivity contribution in [2.45, 2.75) is 105 Å². The van der Waals surface area contributed by atoms with Crippen molar-refractivity contribution in [3.8, 4) is 28.4 Å². The van der Waals surface area contributed by atoms with E-state index in [0.717, 1.165) is 65.9 Å². The van der Waals surface area contributed by atoms with Crippen molar-refractivity contribution < 1.29 is 41.7 Å². The zero-order valence-electron chi connectivity index (χ0n) is 96.0. The third-order valence-corrected chi connectivity index (χ3v) is 26.8. The summed E-state index contributed by atoms with van der Waals surface area (Å²) in [4.78, 5) is 3.90. The Kier molecular flexibility index (Phi) is 11.1. The number of rotatable bonds is 7. The van der Waals surface area contributed by atoms with Gasteiger partial charge < -0.3 is 41.5 Å². The van der Waals surface area contributed by atoms with Crippen molar-refractivity contribution in [2.24, 2.45) is 0 Å². The summed E-state index contributed by atoms with van der Waals surface area (Å²) >= 11 is 0. The highest BCUT2D eigenvalue weighted by atomic mass is 16.3. The molecule has 10 heteroatoms. The molecule has 0 fully saturated rings. The van der Waals surface area contributed by atoms with E-state index in [1.165, 1.54) is 13.7 Å². The number of aromatic nitrogens is 5. The first-order chi connectivity index (χ1) is 72.0. The van der Waals surface area contributed by atoms with Crippen LogP contribution in [0.2, 0.25) is 0 Å². The molecule has 0 atom stereocenters. The Bertz CT molecular complexity index is 9680. The van der Waals surface area contributed by atoms with Crippen LogP contribution in [0.4, 0.5) is 34.1 Å². The Morgan fingerprint density at radius 3 is 0.766 bits per heavy atom. The molecule has 7 aromatic heterocycles. The summed E-state index contributed by atoms with van der Waals surface area (Å²) in [7, 11) is 0. The van der Waals surface area contributed by atoms with Gasteiger partial charge in [0.25, 0.3) is 6.71 Å². The second-order valence-electron chi connectivity index (χ2n) is 38.3. The second-order valence-corrected chi connectivity index (χ2v) is 38.3. The summed E-state index contributed by atoms with van der Waals surface area (Å²) < 4.78 is 258. The van der Waals surface area contributed by atoms with E-state index in [2.05, 4.69) is 165 Å². The van der Waals surface area contributed by atoms with Gasteiger partial charge >= 0.3 is 0 Å². The monoisotopic (exact) mass is 1670 g/mol. The van der Waals surface area contributed by atoms with Gasteiger partial charge in [-0.15, -0.1) is 0 Å². The molecule has 0 saturated carbocycles. The minimum absolute atomic E-state index is 0.00915. The first kappa shape index (κ1) is 54.0. The molecule has 2 aliphatic rings. The molecule has 0 aliphatic carbocycles. The lowest BCUT2D eigenvalue weighted by molar-refractivity contribution is 0.590. The number of furan rings is 2. The van der Waals surface area contributed by atoms with Crippen LogP contribution >= 0.6 is 0 Å². The van der Waals surface area contributed by atoms with Gasteiger partial charge in [0.1, 0.15) is 0 Å². The van der Waals surface area contributed by atoms with E-state index in [1.807, 2.05) is 94.7 Å². The number of nitrogens with zero attached hydrogens (tertiary/aromatic N) is 7. The SMILES string of the molecule is [2H]c1c([2H])c([2H])c2c(c1[2H])c1c([2H])c([2H])c([2H])c([2H])c1n2-c1ccc2c(c1)N(c1cccc3c1oc1c(-n4c5ccc(C(C)(C)C)cc5c5cc(C(C)(C)C)ccc54)cccc13)c1cc(-n3c4c([2H])c([2H])c([2H])c([2H])c4c4c([2H])c([2H])c([2H])c([2H])c43)cc3c1B2c1ccc(-n2c4c([2H])c([2H])c([2H])c([2H])c4c4c([2H])c([2H])c([2H])c([2H])c42)cc1N3c1cccc2c1oc1c(-n3c4ccc(C(C)(C)C)cc4c4cc(C(C)(C)C)ccc43)cccc12. The quantitative estimate of drug-likeness (QED) is 0.149. The molecule has 0 radical (unpaired) electrons. The van der Waals surface area contributed by atoms with E-state index >= 15 is 0 Å². The maximum absolute atomic E-state index is 10.4. The fourth-order valence-corrected chi connectivity index (χ4v) is 20.6. The lowest BCUT2D eigenvalue weighted by Gasteiger charge is -2.44. The van der Waals surface area contributed by atoms with Crippen molar-refractivity contribution in [1.82, 2.24) is 22.8 Å². The zero-order chi connectivity index (χ0) is 107. The normalized spacial score (nSPS) is 16.0. The van der Waals surface area contributed by atoms with E-state index < -0.39 is 152 Å². The topological polar surface area (TPSA) is 57.4 Å².